The van der Waals surface area contributed by atoms with Gasteiger partial charge >= 0.3 is 0 Å². The molecule has 0 aliphatic heterocycles. The summed E-state index contributed by atoms with van der Waals surface area (Å²) in [6.45, 7) is 4.43. The lowest BCUT2D eigenvalue weighted by atomic mass is 9.89. The van der Waals surface area contributed by atoms with Crippen molar-refractivity contribution < 1.29 is 8.42 Å². The Hall–Kier alpha value is -1.07. The highest BCUT2D eigenvalue weighted by Gasteiger charge is 2.30. The fourth-order valence-corrected chi connectivity index (χ4v) is 4.14. The van der Waals surface area contributed by atoms with Gasteiger partial charge in [-0.2, -0.15) is 0 Å². The molecule has 5 heteroatoms. The third kappa shape index (κ3) is 3.28. The topological polar surface area (TPSA) is 72.2 Å². The summed E-state index contributed by atoms with van der Waals surface area (Å²) in [5, 5.41) is 0. The van der Waals surface area contributed by atoms with E-state index in [1.54, 1.807) is 19.1 Å². The van der Waals surface area contributed by atoms with Gasteiger partial charge in [-0.05, 0) is 42.9 Å². The lowest BCUT2D eigenvalue weighted by Gasteiger charge is -2.23. The quantitative estimate of drug-likeness (QED) is 0.833. The smallest absolute Gasteiger partial charge is 0.240 e. The molecule has 0 radical (unpaired) electrons. The largest absolute Gasteiger partial charge is 0.399 e. The molecule has 0 unspecified atom stereocenters. The number of hydrogen-bond acceptors (Lipinski definition) is 3. The Morgan fingerprint density at radius 1 is 1.32 bits per heavy atom. The van der Waals surface area contributed by atoms with Crippen molar-refractivity contribution in [2.75, 3.05) is 12.3 Å². The van der Waals surface area contributed by atoms with Gasteiger partial charge in [-0.3, -0.25) is 0 Å². The first-order valence-corrected chi connectivity index (χ1v) is 8.17. The maximum absolute atomic E-state index is 12.3. The Kier molecular flexibility index (Phi) is 3.87. The van der Waals surface area contributed by atoms with Crippen molar-refractivity contribution in [3.63, 3.8) is 0 Å². The average molecular weight is 282 g/mol. The second kappa shape index (κ2) is 5.13. The van der Waals surface area contributed by atoms with Crippen molar-refractivity contribution in [2.24, 2.45) is 5.41 Å². The molecule has 1 fully saturated rings. The molecule has 1 aliphatic rings. The summed E-state index contributed by atoms with van der Waals surface area (Å²) < 4.78 is 27.4. The van der Waals surface area contributed by atoms with Gasteiger partial charge in [0.25, 0.3) is 0 Å². The minimum Gasteiger partial charge on any atom is -0.399 e. The van der Waals surface area contributed by atoms with Crippen LogP contribution in [0.1, 0.15) is 38.2 Å². The summed E-state index contributed by atoms with van der Waals surface area (Å²) in [7, 11) is -3.47. The van der Waals surface area contributed by atoms with Gasteiger partial charge in [-0.1, -0.05) is 25.8 Å². The van der Waals surface area contributed by atoms with Crippen LogP contribution in [0.4, 0.5) is 5.69 Å². The maximum Gasteiger partial charge on any atom is 0.240 e. The molecule has 0 amide bonds. The number of hydrogen-bond donors (Lipinski definition) is 2. The van der Waals surface area contributed by atoms with Crippen molar-refractivity contribution >= 4 is 15.7 Å². The number of anilines is 1. The van der Waals surface area contributed by atoms with Crippen LogP contribution >= 0.6 is 0 Å². The van der Waals surface area contributed by atoms with Gasteiger partial charge in [0.05, 0.1) is 4.90 Å². The van der Waals surface area contributed by atoms with E-state index in [4.69, 9.17) is 5.73 Å². The predicted octanol–water partition coefficient (Wildman–Crippen LogP) is 2.44. The molecule has 106 valence electrons. The first-order chi connectivity index (χ1) is 8.82. The zero-order valence-corrected chi connectivity index (χ0v) is 12.4. The maximum atomic E-state index is 12.3. The highest BCUT2D eigenvalue weighted by molar-refractivity contribution is 7.89. The molecule has 1 aliphatic carbocycles. The molecule has 0 heterocycles. The average Bonchev–Trinajstić information content (AvgIpc) is 2.78. The molecule has 0 bridgehead atoms. The van der Waals surface area contributed by atoms with Crippen LogP contribution in [0.15, 0.2) is 23.1 Å². The molecule has 1 aromatic rings. The lowest BCUT2D eigenvalue weighted by molar-refractivity contribution is 0.336. The Balaban J connectivity index is 2.16. The van der Waals surface area contributed by atoms with Gasteiger partial charge in [0.15, 0.2) is 0 Å². The number of rotatable bonds is 4. The Bertz CT molecular complexity index is 561. The van der Waals surface area contributed by atoms with E-state index in [1.165, 1.54) is 18.9 Å². The van der Waals surface area contributed by atoms with Crippen molar-refractivity contribution in [2.45, 2.75) is 44.4 Å². The zero-order chi connectivity index (χ0) is 14.1. The number of nitrogens with two attached hydrogens (primary N) is 1. The van der Waals surface area contributed by atoms with E-state index >= 15 is 0 Å². The van der Waals surface area contributed by atoms with Crippen LogP contribution in [-0.4, -0.2) is 15.0 Å². The third-order valence-electron chi connectivity index (χ3n) is 4.00. The lowest BCUT2D eigenvalue weighted by Crippen LogP contribution is -2.34. The number of benzene rings is 1. The third-order valence-corrected chi connectivity index (χ3v) is 5.54. The van der Waals surface area contributed by atoms with Gasteiger partial charge in [0.1, 0.15) is 0 Å². The summed E-state index contributed by atoms with van der Waals surface area (Å²) in [6, 6.07) is 4.97. The molecule has 0 saturated heterocycles. The number of nitrogen functional groups attached to an aromatic ring is 1. The van der Waals surface area contributed by atoms with E-state index in [9.17, 15) is 8.42 Å². The molecular weight excluding hydrogens is 260 g/mol. The van der Waals surface area contributed by atoms with Gasteiger partial charge in [-0.15, -0.1) is 0 Å². The molecule has 0 atom stereocenters. The van der Waals surface area contributed by atoms with Crippen molar-refractivity contribution in [3.8, 4) is 0 Å². The molecule has 3 N–H and O–H groups in total. The van der Waals surface area contributed by atoms with Crippen molar-refractivity contribution in [1.29, 1.82) is 0 Å². The highest BCUT2D eigenvalue weighted by atomic mass is 32.2. The van der Waals surface area contributed by atoms with Crippen LogP contribution < -0.4 is 10.5 Å². The molecule has 0 spiro atoms. The number of aryl methyl sites for hydroxylation is 1. The highest BCUT2D eigenvalue weighted by Crippen LogP contribution is 2.37. The molecule has 1 aromatic carbocycles. The van der Waals surface area contributed by atoms with E-state index in [-0.39, 0.29) is 10.3 Å². The van der Waals surface area contributed by atoms with Crippen molar-refractivity contribution in [3.05, 3.63) is 23.8 Å². The first-order valence-electron chi connectivity index (χ1n) is 6.68. The van der Waals surface area contributed by atoms with Crippen LogP contribution in [-0.2, 0) is 10.0 Å². The predicted molar refractivity (Wildman–Crippen MR) is 77.4 cm³/mol. The first kappa shape index (κ1) is 14.3. The number of nitrogens with one attached hydrogen (secondary N) is 1. The summed E-state index contributed by atoms with van der Waals surface area (Å²) in [4.78, 5) is 0.286. The molecule has 2 rings (SSSR count). The summed E-state index contributed by atoms with van der Waals surface area (Å²) in [5.41, 5.74) is 6.97. The monoisotopic (exact) mass is 282 g/mol. The normalized spacial score (nSPS) is 18.6. The summed E-state index contributed by atoms with van der Waals surface area (Å²) in [5.74, 6) is 0. The fourth-order valence-electron chi connectivity index (χ4n) is 2.66. The molecule has 4 nitrogen and oxygen atoms in total. The second-order valence-electron chi connectivity index (χ2n) is 5.87. The Labute approximate surface area is 115 Å². The van der Waals surface area contributed by atoms with Gasteiger partial charge in [0.2, 0.25) is 10.0 Å². The van der Waals surface area contributed by atoms with Crippen molar-refractivity contribution in [1.82, 2.24) is 4.72 Å². The molecule has 1 saturated carbocycles. The Morgan fingerprint density at radius 2 is 1.95 bits per heavy atom. The van der Waals surface area contributed by atoms with Crippen LogP contribution in [0.2, 0.25) is 0 Å². The van der Waals surface area contributed by atoms with Crippen LogP contribution in [0.3, 0.4) is 0 Å². The second-order valence-corrected chi connectivity index (χ2v) is 7.60. The minimum atomic E-state index is -3.47. The van der Waals surface area contributed by atoms with E-state index in [0.29, 0.717) is 12.2 Å². The Morgan fingerprint density at radius 3 is 2.58 bits per heavy atom. The summed E-state index contributed by atoms with van der Waals surface area (Å²) in [6.07, 6.45) is 4.56. The van der Waals surface area contributed by atoms with Crippen LogP contribution in [0, 0.1) is 12.3 Å². The van der Waals surface area contributed by atoms with E-state index in [1.807, 2.05) is 0 Å². The molecule has 0 aromatic heterocycles. The summed E-state index contributed by atoms with van der Waals surface area (Å²) >= 11 is 0. The van der Waals surface area contributed by atoms with Gasteiger partial charge in [-0.25, -0.2) is 13.1 Å². The standard InChI is InChI=1S/C14H22N2O2S/c1-11-5-6-12(15)9-13(11)19(17,18)16-10-14(2)7-3-4-8-14/h5-6,9,16H,3-4,7-8,10,15H2,1-2H3. The van der Waals surface area contributed by atoms with E-state index in [2.05, 4.69) is 11.6 Å². The van der Waals surface area contributed by atoms with E-state index in [0.717, 1.165) is 18.4 Å². The molecule has 19 heavy (non-hydrogen) atoms. The van der Waals surface area contributed by atoms with Crippen LogP contribution in [0.25, 0.3) is 0 Å². The van der Waals surface area contributed by atoms with Gasteiger partial charge < -0.3 is 5.73 Å². The SMILES string of the molecule is Cc1ccc(N)cc1S(=O)(=O)NCC1(C)CCCC1. The fraction of sp³-hybridized carbons (Fsp3) is 0.571. The minimum absolute atomic E-state index is 0.0985. The van der Waals surface area contributed by atoms with Crippen LogP contribution in [0.5, 0.6) is 0 Å². The van der Waals surface area contributed by atoms with E-state index < -0.39 is 10.0 Å². The molecular formula is C14H22N2O2S. The number of sulfonamides is 1. The zero-order valence-electron chi connectivity index (χ0n) is 11.6. The van der Waals surface area contributed by atoms with Gasteiger partial charge in [0, 0.05) is 12.2 Å².